The second-order valence-corrected chi connectivity index (χ2v) is 7.19. The number of hydrogen-bond donors (Lipinski definition) is 4. The van der Waals surface area contributed by atoms with Crippen LogP contribution in [0.15, 0.2) is 42.5 Å². The summed E-state index contributed by atoms with van der Waals surface area (Å²) in [5.74, 6) is -0.448. The molecule has 0 aliphatic heterocycles. The van der Waals surface area contributed by atoms with Gasteiger partial charge in [-0.05, 0) is 68.3 Å². The van der Waals surface area contributed by atoms with Crippen molar-refractivity contribution >= 4 is 34.8 Å². The van der Waals surface area contributed by atoms with Gasteiger partial charge in [0.2, 0.25) is 5.91 Å². The molecule has 2 aromatic rings. The molecule has 0 aromatic heterocycles. The average molecular weight is 397 g/mol. The summed E-state index contributed by atoms with van der Waals surface area (Å²) in [6.07, 6.45) is 0. The normalized spacial score (nSPS) is 11.4. The van der Waals surface area contributed by atoms with Gasteiger partial charge in [0.1, 0.15) is 0 Å². The highest BCUT2D eigenvalue weighted by Gasteiger charge is 2.17. The van der Waals surface area contributed by atoms with Gasteiger partial charge < -0.3 is 20.9 Å². The van der Waals surface area contributed by atoms with E-state index in [-0.39, 0.29) is 30.8 Å². The van der Waals surface area contributed by atoms with Gasteiger partial charge in [0, 0.05) is 24.0 Å². The Hall–Kier alpha value is -3.19. The number of nitrogens with one attached hydrogen (secondary N) is 4. The summed E-state index contributed by atoms with van der Waals surface area (Å²) in [5.41, 5.74) is 4.25. The zero-order chi connectivity index (χ0) is 21.4. The topological polar surface area (TPSA) is 91.7 Å². The fourth-order valence-electron chi connectivity index (χ4n) is 3.06. The molecule has 0 bridgehead atoms. The molecule has 4 N–H and O–H groups in total. The van der Waals surface area contributed by atoms with Gasteiger partial charge in [0.15, 0.2) is 13.1 Å². The molecule has 0 aliphatic carbocycles. The van der Waals surface area contributed by atoms with Crippen molar-refractivity contribution in [2.24, 2.45) is 0 Å². The molecule has 0 spiro atoms. The molecule has 0 saturated heterocycles. The second kappa shape index (κ2) is 10.4. The summed E-state index contributed by atoms with van der Waals surface area (Å²) < 4.78 is 0. The minimum Gasteiger partial charge on any atom is -0.326 e. The molecule has 154 valence electrons. The number of aryl methyl sites for hydroxylation is 2. The van der Waals surface area contributed by atoms with Crippen LogP contribution in [-0.4, -0.2) is 37.4 Å². The molecule has 7 heteroatoms. The van der Waals surface area contributed by atoms with E-state index in [0.717, 1.165) is 21.7 Å². The summed E-state index contributed by atoms with van der Waals surface area (Å²) in [6, 6.07) is 12.8. The van der Waals surface area contributed by atoms with E-state index in [0.29, 0.717) is 17.9 Å². The number of anilines is 3. The predicted molar refractivity (Wildman–Crippen MR) is 115 cm³/mol. The van der Waals surface area contributed by atoms with Gasteiger partial charge in [-0.3, -0.25) is 14.4 Å². The molecular weight excluding hydrogens is 368 g/mol. The molecule has 3 amide bonds. The van der Waals surface area contributed by atoms with Gasteiger partial charge in [0.05, 0.1) is 6.54 Å². The van der Waals surface area contributed by atoms with Crippen LogP contribution in [0, 0.1) is 13.8 Å². The van der Waals surface area contributed by atoms with Crippen LogP contribution in [-0.2, 0) is 14.4 Å². The number of hydrogen-bond acceptors (Lipinski definition) is 3. The van der Waals surface area contributed by atoms with Crippen molar-refractivity contribution in [2.45, 2.75) is 27.7 Å². The van der Waals surface area contributed by atoms with Crippen LogP contribution in [0.2, 0.25) is 0 Å². The number of rotatable bonds is 8. The highest BCUT2D eigenvalue weighted by molar-refractivity contribution is 5.94. The first-order chi connectivity index (χ1) is 13.7. The molecule has 0 heterocycles. The van der Waals surface area contributed by atoms with Gasteiger partial charge in [-0.25, -0.2) is 0 Å². The van der Waals surface area contributed by atoms with Gasteiger partial charge in [-0.2, -0.15) is 0 Å². The highest BCUT2D eigenvalue weighted by atomic mass is 16.2. The molecule has 0 aliphatic rings. The Morgan fingerprint density at radius 2 is 1.21 bits per heavy atom. The van der Waals surface area contributed by atoms with E-state index in [1.807, 2.05) is 39.0 Å². The Balaban J connectivity index is 1.87. The van der Waals surface area contributed by atoms with Crippen molar-refractivity contribution < 1.29 is 19.3 Å². The first-order valence-electron chi connectivity index (χ1n) is 9.64. The Kier molecular flexibility index (Phi) is 7.91. The summed E-state index contributed by atoms with van der Waals surface area (Å²) in [4.78, 5) is 36.6. The van der Waals surface area contributed by atoms with Crippen molar-refractivity contribution in [1.29, 1.82) is 0 Å². The number of benzene rings is 2. The van der Waals surface area contributed by atoms with Crippen LogP contribution in [0.3, 0.4) is 0 Å². The number of likely N-dealkylation sites (N-methyl/N-ethyl adjacent to an activating group) is 1. The van der Waals surface area contributed by atoms with Crippen molar-refractivity contribution in [3.8, 4) is 0 Å². The van der Waals surface area contributed by atoms with E-state index in [1.165, 1.54) is 6.92 Å². The van der Waals surface area contributed by atoms with E-state index in [2.05, 4.69) is 16.0 Å². The first kappa shape index (κ1) is 22.1. The molecule has 7 nitrogen and oxygen atoms in total. The summed E-state index contributed by atoms with van der Waals surface area (Å²) in [7, 11) is 0. The van der Waals surface area contributed by atoms with Crippen molar-refractivity contribution in [2.75, 3.05) is 35.6 Å². The van der Waals surface area contributed by atoms with Crippen LogP contribution >= 0.6 is 0 Å². The molecule has 1 unspecified atom stereocenters. The maximum absolute atomic E-state index is 12.4. The van der Waals surface area contributed by atoms with Crippen LogP contribution in [0.1, 0.15) is 25.0 Å². The van der Waals surface area contributed by atoms with Gasteiger partial charge in [-0.1, -0.05) is 6.07 Å². The van der Waals surface area contributed by atoms with Gasteiger partial charge in [-0.15, -0.1) is 0 Å². The lowest BCUT2D eigenvalue weighted by Gasteiger charge is -2.17. The number of amides is 3. The number of quaternary nitrogens is 1. The molecule has 2 aromatic carbocycles. The van der Waals surface area contributed by atoms with E-state index in [9.17, 15) is 14.4 Å². The second-order valence-electron chi connectivity index (χ2n) is 7.19. The highest BCUT2D eigenvalue weighted by Crippen LogP contribution is 2.14. The Morgan fingerprint density at radius 3 is 1.66 bits per heavy atom. The summed E-state index contributed by atoms with van der Waals surface area (Å²) in [6.45, 7) is 8.39. The zero-order valence-electron chi connectivity index (χ0n) is 17.4. The standard InChI is InChI=1S/C22H28N4O3/c1-5-26(14-22(29)25-20-11-15(2)10-16(3)12-20)13-21(28)24-19-8-6-18(7-9-19)23-17(4)27/h6-12H,5,13-14H2,1-4H3,(H,23,27)(H,24,28)(H,25,29)/p+1. The molecular formula is C22H29N4O3+. The lowest BCUT2D eigenvalue weighted by Crippen LogP contribution is -3.13. The lowest BCUT2D eigenvalue weighted by atomic mass is 10.1. The molecule has 29 heavy (non-hydrogen) atoms. The molecule has 0 saturated carbocycles. The average Bonchev–Trinajstić information content (AvgIpc) is 2.61. The zero-order valence-corrected chi connectivity index (χ0v) is 17.4. The summed E-state index contributed by atoms with van der Waals surface area (Å²) in [5, 5.41) is 8.40. The Morgan fingerprint density at radius 1 is 0.759 bits per heavy atom. The van der Waals surface area contributed by atoms with Gasteiger partial charge in [0.25, 0.3) is 11.8 Å². The van der Waals surface area contributed by atoms with E-state index in [1.54, 1.807) is 24.3 Å². The number of carbonyl (C=O) groups is 3. The molecule has 0 fully saturated rings. The van der Waals surface area contributed by atoms with Crippen molar-refractivity contribution in [1.82, 2.24) is 0 Å². The lowest BCUT2D eigenvalue weighted by molar-refractivity contribution is -0.881. The molecule has 1 atom stereocenters. The SMILES string of the molecule is CC[NH+](CC(=O)Nc1ccc(NC(C)=O)cc1)CC(=O)Nc1cc(C)cc(C)c1. The van der Waals surface area contributed by atoms with Crippen molar-refractivity contribution in [3.63, 3.8) is 0 Å². The van der Waals surface area contributed by atoms with Crippen LogP contribution in [0.5, 0.6) is 0 Å². The van der Waals surface area contributed by atoms with Crippen molar-refractivity contribution in [3.05, 3.63) is 53.6 Å². The smallest absolute Gasteiger partial charge is 0.279 e. The number of carbonyl (C=O) groups excluding carboxylic acids is 3. The van der Waals surface area contributed by atoms with Crippen LogP contribution in [0.4, 0.5) is 17.1 Å². The quantitative estimate of drug-likeness (QED) is 0.547. The van der Waals surface area contributed by atoms with E-state index < -0.39 is 0 Å². The maximum Gasteiger partial charge on any atom is 0.279 e. The predicted octanol–water partition coefficient (Wildman–Crippen LogP) is 1.74. The minimum atomic E-state index is -0.173. The fraction of sp³-hybridized carbons (Fsp3) is 0.318. The third-order valence-corrected chi connectivity index (χ3v) is 4.32. The third-order valence-electron chi connectivity index (χ3n) is 4.32. The molecule has 0 radical (unpaired) electrons. The first-order valence-corrected chi connectivity index (χ1v) is 9.64. The monoisotopic (exact) mass is 397 g/mol. The van der Waals surface area contributed by atoms with E-state index in [4.69, 9.17) is 0 Å². The fourth-order valence-corrected chi connectivity index (χ4v) is 3.06. The van der Waals surface area contributed by atoms with Gasteiger partial charge >= 0.3 is 0 Å². The van der Waals surface area contributed by atoms with Crippen LogP contribution < -0.4 is 20.9 Å². The molecule has 2 rings (SSSR count). The Bertz CT molecular complexity index is 858. The van der Waals surface area contributed by atoms with E-state index >= 15 is 0 Å². The largest absolute Gasteiger partial charge is 0.326 e. The Labute approximate surface area is 171 Å². The van der Waals surface area contributed by atoms with Crippen LogP contribution in [0.25, 0.3) is 0 Å². The maximum atomic E-state index is 12.4. The third kappa shape index (κ3) is 7.75. The summed E-state index contributed by atoms with van der Waals surface area (Å²) >= 11 is 0. The minimum absolute atomic E-state index is 0.126.